The molecule has 3 aliphatic rings. The second-order valence-corrected chi connectivity index (χ2v) is 11.8. The maximum absolute atomic E-state index is 13.1. The Balaban J connectivity index is 1.73. The first kappa shape index (κ1) is 20.1. The number of carbonyl (C=O) groups excluding carboxylic acids is 1. The highest BCUT2D eigenvalue weighted by Crippen LogP contribution is 2.69. The van der Waals surface area contributed by atoms with Gasteiger partial charge in [0.05, 0.1) is 12.1 Å². The molecule has 0 spiro atoms. The minimum absolute atomic E-state index is 0.00138. The van der Waals surface area contributed by atoms with Crippen molar-refractivity contribution in [2.24, 2.45) is 22.2 Å². The van der Waals surface area contributed by atoms with E-state index in [0.29, 0.717) is 5.92 Å². The Morgan fingerprint density at radius 3 is 2.46 bits per heavy atom. The van der Waals surface area contributed by atoms with Gasteiger partial charge in [-0.25, -0.2) is 4.79 Å². The van der Waals surface area contributed by atoms with Crippen LogP contribution in [0.15, 0.2) is 35.2 Å². The molecule has 154 valence electrons. The van der Waals surface area contributed by atoms with Crippen molar-refractivity contribution < 1.29 is 14.6 Å². The van der Waals surface area contributed by atoms with Crippen LogP contribution in [0.1, 0.15) is 54.4 Å². The molecular weight excluding hydrogens is 370 g/mol. The molecule has 1 amide bonds. The van der Waals surface area contributed by atoms with Gasteiger partial charge in [0.25, 0.3) is 0 Å². The van der Waals surface area contributed by atoms with E-state index in [1.54, 1.807) is 11.8 Å². The fourth-order valence-electron chi connectivity index (χ4n) is 5.70. The lowest BCUT2D eigenvalue weighted by Gasteiger charge is -2.41. The molecular formula is C23H33NO3S. The number of carbonyl (C=O) groups is 1. The van der Waals surface area contributed by atoms with Gasteiger partial charge in [-0.3, -0.25) is 4.90 Å². The molecule has 6 atom stereocenters. The van der Waals surface area contributed by atoms with Crippen molar-refractivity contribution in [1.82, 2.24) is 4.90 Å². The molecule has 1 aromatic rings. The van der Waals surface area contributed by atoms with Crippen LogP contribution >= 0.6 is 11.8 Å². The standard InChI is InChI=1S/C23H33NO3S/c1-21(2,3)17(25)19(28-14-10-8-7-9-11-14)24-16-15-12-13-23(6,22(15,4)5)18(16)27-20(24)26/h7-11,15-19,25H,12-13H2,1-6H3/t15-,16-,17-,18-,19-,23+/m1/s1. The Bertz CT molecular complexity index is 759. The molecule has 5 heteroatoms. The van der Waals surface area contributed by atoms with Gasteiger partial charge in [0, 0.05) is 10.3 Å². The van der Waals surface area contributed by atoms with Gasteiger partial charge in [-0.2, -0.15) is 0 Å². The summed E-state index contributed by atoms with van der Waals surface area (Å²) in [6.07, 6.45) is 1.21. The number of aliphatic hydroxyl groups excluding tert-OH is 1. The number of rotatable bonds is 4. The van der Waals surface area contributed by atoms with E-state index in [4.69, 9.17) is 4.74 Å². The number of thioether (sulfide) groups is 1. The number of hydrogen-bond acceptors (Lipinski definition) is 4. The van der Waals surface area contributed by atoms with Crippen LogP contribution in [0.4, 0.5) is 4.79 Å². The molecule has 1 N–H and O–H groups in total. The second kappa shape index (κ2) is 6.40. The lowest BCUT2D eigenvalue weighted by molar-refractivity contribution is 0.0107. The Morgan fingerprint density at radius 2 is 1.86 bits per heavy atom. The van der Waals surface area contributed by atoms with E-state index in [1.165, 1.54) is 0 Å². The molecule has 1 saturated heterocycles. The van der Waals surface area contributed by atoms with E-state index in [2.05, 4.69) is 20.8 Å². The van der Waals surface area contributed by atoms with Crippen LogP contribution in [0.25, 0.3) is 0 Å². The Kier molecular flexibility index (Phi) is 4.59. The Labute approximate surface area is 173 Å². The highest BCUT2D eigenvalue weighted by molar-refractivity contribution is 8.00. The predicted octanol–water partition coefficient (Wildman–Crippen LogP) is 5.16. The fourth-order valence-corrected chi connectivity index (χ4v) is 7.17. The molecule has 0 radical (unpaired) electrons. The van der Waals surface area contributed by atoms with Crippen molar-refractivity contribution in [2.45, 2.75) is 82.9 Å². The average Bonchev–Trinajstić information content (AvgIpc) is 3.13. The highest BCUT2D eigenvalue weighted by atomic mass is 32.2. The molecule has 4 nitrogen and oxygen atoms in total. The lowest BCUT2D eigenvalue weighted by Crippen LogP contribution is -2.53. The maximum atomic E-state index is 13.1. The van der Waals surface area contributed by atoms with E-state index < -0.39 is 6.10 Å². The van der Waals surface area contributed by atoms with Crippen LogP contribution in [0.2, 0.25) is 0 Å². The van der Waals surface area contributed by atoms with Crippen LogP contribution in [0.5, 0.6) is 0 Å². The molecule has 2 saturated carbocycles. The van der Waals surface area contributed by atoms with E-state index in [-0.39, 0.29) is 39.9 Å². The molecule has 0 unspecified atom stereocenters. The number of benzene rings is 1. The highest BCUT2D eigenvalue weighted by Gasteiger charge is 2.73. The van der Waals surface area contributed by atoms with Crippen molar-refractivity contribution in [2.75, 3.05) is 0 Å². The second-order valence-electron chi connectivity index (χ2n) is 10.6. The Hall–Kier alpha value is -1.20. The Morgan fingerprint density at radius 1 is 1.21 bits per heavy atom. The fraction of sp³-hybridized carbons (Fsp3) is 0.696. The van der Waals surface area contributed by atoms with Crippen LogP contribution in [-0.4, -0.2) is 39.7 Å². The van der Waals surface area contributed by atoms with E-state index in [1.807, 2.05) is 56.0 Å². The summed E-state index contributed by atoms with van der Waals surface area (Å²) in [6.45, 7) is 13.0. The largest absolute Gasteiger partial charge is 0.443 e. The average molecular weight is 404 g/mol. The zero-order valence-electron chi connectivity index (χ0n) is 17.8. The summed E-state index contributed by atoms with van der Waals surface area (Å²) in [6, 6.07) is 10.1. The van der Waals surface area contributed by atoms with Gasteiger partial charge in [-0.1, -0.05) is 71.5 Å². The maximum Gasteiger partial charge on any atom is 0.411 e. The number of fused-ring (bicyclic) bond motifs is 5. The molecule has 3 fully saturated rings. The van der Waals surface area contributed by atoms with Crippen molar-refractivity contribution in [3.63, 3.8) is 0 Å². The number of nitrogens with zero attached hydrogens (tertiary/aromatic N) is 1. The first-order chi connectivity index (χ1) is 13.0. The SMILES string of the molecule is CC(C)(C)[C@H](O)[C@@H](Sc1ccccc1)N1C(=O)O[C@@H]2[C@H]1[C@H]1CC[C@]2(C)C1(C)C. The van der Waals surface area contributed by atoms with Gasteiger partial charge < -0.3 is 9.84 Å². The van der Waals surface area contributed by atoms with Crippen molar-refractivity contribution in [1.29, 1.82) is 0 Å². The molecule has 4 rings (SSSR count). The lowest BCUT2D eigenvalue weighted by atomic mass is 9.70. The van der Waals surface area contributed by atoms with Gasteiger partial charge in [-0.15, -0.1) is 0 Å². The predicted molar refractivity (Wildman–Crippen MR) is 112 cm³/mol. The van der Waals surface area contributed by atoms with E-state index >= 15 is 0 Å². The van der Waals surface area contributed by atoms with E-state index in [9.17, 15) is 9.90 Å². The molecule has 1 aromatic carbocycles. The van der Waals surface area contributed by atoms with Gasteiger partial charge in [-0.05, 0) is 41.7 Å². The van der Waals surface area contributed by atoms with Gasteiger partial charge in [0.15, 0.2) is 0 Å². The van der Waals surface area contributed by atoms with Crippen molar-refractivity contribution >= 4 is 17.9 Å². The summed E-state index contributed by atoms with van der Waals surface area (Å²) >= 11 is 1.58. The molecule has 2 aliphatic carbocycles. The molecule has 28 heavy (non-hydrogen) atoms. The molecule has 2 bridgehead atoms. The van der Waals surface area contributed by atoms with Crippen LogP contribution in [0, 0.1) is 22.2 Å². The quantitative estimate of drug-likeness (QED) is 0.706. The first-order valence-electron chi connectivity index (χ1n) is 10.4. The normalized spacial score (nSPS) is 35.6. The molecule has 0 aromatic heterocycles. The van der Waals surface area contributed by atoms with Crippen LogP contribution < -0.4 is 0 Å². The minimum Gasteiger partial charge on any atom is -0.443 e. The molecule has 1 aliphatic heterocycles. The monoisotopic (exact) mass is 403 g/mol. The topological polar surface area (TPSA) is 49.8 Å². The van der Waals surface area contributed by atoms with Crippen LogP contribution in [-0.2, 0) is 4.74 Å². The van der Waals surface area contributed by atoms with E-state index in [0.717, 1.165) is 17.7 Å². The molecule has 1 heterocycles. The number of amides is 1. The first-order valence-corrected chi connectivity index (χ1v) is 11.3. The zero-order valence-corrected chi connectivity index (χ0v) is 18.6. The third kappa shape index (κ3) is 2.72. The number of hydrogen-bond donors (Lipinski definition) is 1. The minimum atomic E-state index is -0.668. The summed E-state index contributed by atoms with van der Waals surface area (Å²) in [4.78, 5) is 16.1. The summed E-state index contributed by atoms with van der Waals surface area (Å²) in [5, 5.41) is 10.9. The van der Waals surface area contributed by atoms with Crippen molar-refractivity contribution in [3.8, 4) is 0 Å². The third-order valence-electron chi connectivity index (χ3n) is 7.92. The smallest absolute Gasteiger partial charge is 0.411 e. The van der Waals surface area contributed by atoms with Gasteiger partial charge >= 0.3 is 6.09 Å². The van der Waals surface area contributed by atoms with Gasteiger partial charge in [0.2, 0.25) is 0 Å². The summed E-state index contributed by atoms with van der Waals surface area (Å²) in [5.41, 5.74) is -0.223. The van der Waals surface area contributed by atoms with Crippen LogP contribution in [0.3, 0.4) is 0 Å². The van der Waals surface area contributed by atoms with Gasteiger partial charge in [0.1, 0.15) is 11.5 Å². The third-order valence-corrected chi connectivity index (χ3v) is 9.19. The number of aliphatic hydroxyl groups is 1. The zero-order chi connectivity index (χ0) is 20.5. The summed E-state index contributed by atoms with van der Waals surface area (Å²) < 4.78 is 6.01. The van der Waals surface area contributed by atoms with Crippen molar-refractivity contribution in [3.05, 3.63) is 30.3 Å². The summed E-state index contributed by atoms with van der Waals surface area (Å²) in [5.74, 6) is 0.403. The summed E-state index contributed by atoms with van der Waals surface area (Å²) in [7, 11) is 0. The number of ether oxygens (including phenoxy) is 1.